The normalized spacial score (nSPS) is 16.5. The third-order valence-corrected chi connectivity index (χ3v) is 4.90. The maximum Gasteiger partial charge on any atom is 0.293 e. The molecule has 0 aromatic heterocycles. The number of fused-ring (bicyclic) bond motifs is 1. The number of hydrogen-bond donors (Lipinski definition) is 0. The van der Waals surface area contributed by atoms with E-state index < -0.39 is 4.92 Å². The van der Waals surface area contributed by atoms with Crippen molar-refractivity contribution in [2.24, 2.45) is 0 Å². The standard InChI is InChI=1S/C19H19N3O4/c23-19(21-8-7-14-3-1-2-4-16(14)21)15-5-6-17(18(13-15)22(24)25)20-9-11-26-12-10-20/h1-6,13H,7-12H2. The van der Waals surface area contributed by atoms with Gasteiger partial charge >= 0.3 is 0 Å². The molecule has 1 amide bonds. The molecule has 0 aliphatic carbocycles. The predicted octanol–water partition coefficient (Wildman–Crippen LogP) is 2.63. The molecule has 0 spiro atoms. The van der Waals surface area contributed by atoms with Crippen LogP contribution < -0.4 is 9.80 Å². The first-order chi connectivity index (χ1) is 12.6. The SMILES string of the molecule is O=C(c1ccc(N2CCOCC2)c([N+](=O)[O-])c1)N1CCc2ccccc21. The lowest BCUT2D eigenvalue weighted by atomic mass is 10.1. The summed E-state index contributed by atoms with van der Waals surface area (Å²) in [6.07, 6.45) is 0.801. The summed E-state index contributed by atoms with van der Waals surface area (Å²) < 4.78 is 5.31. The Kier molecular flexibility index (Phi) is 4.30. The maximum absolute atomic E-state index is 12.9. The zero-order chi connectivity index (χ0) is 18.1. The molecule has 1 saturated heterocycles. The zero-order valence-electron chi connectivity index (χ0n) is 14.3. The number of nitro benzene ring substituents is 1. The number of nitro groups is 1. The largest absolute Gasteiger partial charge is 0.378 e. The summed E-state index contributed by atoms with van der Waals surface area (Å²) in [6.45, 7) is 2.89. The molecule has 0 N–H and O–H groups in total. The minimum atomic E-state index is -0.417. The first-order valence-electron chi connectivity index (χ1n) is 8.66. The van der Waals surface area contributed by atoms with E-state index in [-0.39, 0.29) is 11.6 Å². The van der Waals surface area contributed by atoms with Gasteiger partial charge in [0.2, 0.25) is 0 Å². The molecule has 2 heterocycles. The van der Waals surface area contributed by atoms with Gasteiger partial charge in [0.05, 0.1) is 18.1 Å². The van der Waals surface area contributed by atoms with Gasteiger partial charge in [-0.3, -0.25) is 14.9 Å². The van der Waals surface area contributed by atoms with E-state index in [9.17, 15) is 14.9 Å². The number of hydrogen-bond acceptors (Lipinski definition) is 5. The Morgan fingerprint density at radius 1 is 1.04 bits per heavy atom. The van der Waals surface area contributed by atoms with Crippen LogP contribution in [-0.2, 0) is 11.2 Å². The lowest BCUT2D eigenvalue weighted by Crippen LogP contribution is -2.36. The number of amides is 1. The van der Waals surface area contributed by atoms with Crippen LogP contribution in [0.2, 0.25) is 0 Å². The van der Waals surface area contributed by atoms with E-state index >= 15 is 0 Å². The average Bonchev–Trinajstić information content (AvgIpc) is 3.11. The molecule has 2 aromatic carbocycles. The van der Waals surface area contributed by atoms with Crippen LogP contribution >= 0.6 is 0 Å². The Morgan fingerprint density at radius 3 is 2.58 bits per heavy atom. The summed E-state index contributed by atoms with van der Waals surface area (Å²) in [5.74, 6) is -0.202. The van der Waals surface area contributed by atoms with E-state index in [1.807, 2.05) is 29.2 Å². The lowest BCUT2D eigenvalue weighted by Gasteiger charge is -2.28. The Hall–Kier alpha value is -2.93. The Bertz CT molecular complexity index is 862. The summed E-state index contributed by atoms with van der Waals surface area (Å²) in [4.78, 5) is 27.7. The van der Waals surface area contributed by atoms with Crippen LogP contribution in [0.15, 0.2) is 42.5 Å². The summed E-state index contributed by atoms with van der Waals surface area (Å²) in [6, 6.07) is 12.5. The average molecular weight is 353 g/mol. The third-order valence-electron chi connectivity index (χ3n) is 4.90. The number of carbonyl (C=O) groups excluding carboxylic acids is 1. The highest BCUT2D eigenvalue weighted by Crippen LogP contribution is 2.33. The summed E-state index contributed by atoms with van der Waals surface area (Å²) in [5.41, 5.74) is 2.85. The number of ether oxygens (including phenoxy) is 1. The second-order valence-electron chi connectivity index (χ2n) is 6.40. The second-order valence-corrected chi connectivity index (χ2v) is 6.40. The highest BCUT2D eigenvalue weighted by molar-refractivity contribution is 6.08. The quantitative estimate of drug-likeness (QED) is 0.626. The van der Waals surface area contributed by atoms with Crippen molar-refractivity contribution in [1.82, 2.24) is 0 Å². The number of carbonyl (C=O) groups is 1. The van der Waals surface area contributed by atoms with Crippen molar-refractivity contribution >= 4 is 23.0 Å². The van der Waals surface area contributed by atoms with E-state index in [2.05, 4.69) is 0 Å². The van der Waals surface area contributed by atoms with Crippen molar-refractivity contribution in [3.63, 3.8) is 0 Å². The number of nitrogens with zero attached hydrogens (tertiary/aromatic N) is 3. The molecule has 0 atom stereocenters. The molecule has 7 nitrogen and oxygen atoms in total. The first-order valence-corrected chi connectivity index (χ1v) is 8.66. The van der Waals surface area contributed by atoms with Gasteiger partial charge in [0.25, 0.3) is 11.6 Å². The van der Waals surface area contributed by atoms with Crippen LogP contribution in [0.1, 0.15) is 15.9 Å². The molecule has 26 heavy (non-hydrogen) atoms. The van der Waals surface area contributed by atoms with Gasteiger partial charge in [0.1, 0.15) is 5.69 Å². The van der Waals surface area contributed by atoms with Crippen molar-refractivity contribution in [2.45, 2.75) is 6.42 Å². The molecule has 1 fully saturated rings. The van der Waals surface area contributed by atoms with E-state index in [1.165, 1.54) is 6.07 Å². The molecular weight excluding hydrogens is 334 g/mol. The number of anilines is 2. The molecular formula is C19H19N3O4. The maximum atomic E-state index is 12.9. The van der Waals surface area contributed by atoms with E-state index in [4.69, 9.17) is 4.74 Å². The summed E-state index contributed by atoms with van der Waals surface area (Å²) in [7, 11) is 0. The Balaban J connectivity index is 1.66. The zero-order valence-corrected chi connectivity index (χ0v) is 14.3. The second kappa shape index (κ2) is 6.76. The summed E-state index contributed by atoms with van der Waals surface area (Å²) >= 11 is 0. The molecule has 134 valence electrons. The fourth-order valence-electron chi connectivity index (χ4n) is 3.58. The first kappa shape index (κ1) is 16.5. The van der Waals surface area contributed by atoms with Crippen LogP contribution in [0.3, 0.4) is 0 Å². The van der Waals surface area contributed by atoms with Gasteiger partial charge in [-0.2, -0.15) is 0 Å². The molecule has 2 aliphatic heterocycles. The van der Waals surface area contributed by atoms with Crippen LogP contribution in [0.4, 0.5) is 17.1 Å². The number of para-hydroxylation sites is 1. The monoisotopic (exact) mass is 353 g/mol. The third kappa shape index (κ3) is 2.90. The molecule has 4 rings (SSSR count). The van der Waals surface area contributed by atoms with Gasteiger partial charge in [-0.25, -0.2) is 0 Å². The molecule has 0 saturated carbocycles. The van der Waals surface area contributed by atoms with Crippen LogP contribution in [0, 0.1) is 10.1 Å². The Morgan fingerprint density at radius 2 is 1.81 bits per heavy atom. The van der Waals surface area contributed by atoms with E-state index in [1.54, 1.807) is 17.0 Å². The molecule has 0 radical (unpaired) electrons. The van der Waals surface area contributed by atoms with Gasteiger partial charge in [0, 0.05) is 37.0 Å². The predicted molar refractivity (Wildman–Crippen MR) is 98.0 cm³/mol. The lowest BCUT2D eigenvalue weighted by molar-refractivity contribution is -0.384. The fourth-order valence-corrected chi connectivity index (χ4v) is 3.58. The van der Waals surface area contributed by atoms with Crippen molar-refractivity contribution in [3.8, 4) is 0 Å². The Labute approximate surface area is 150 Å². The van der Waals surface area contributed by atoms with Gasteiger partial charge in [-0.05, 0) is 30.2 Å². The van der Waals surface area contributed by atoms with Gasteiger partial charge in [-0.15, -0.1) is 0 Å². The van der Waals surface area contributed by atoms with Crippen LogP contribution in [0.25, 0.3) is 0 Å². The van der Waals surface area contributed by atoms with E-state index in [0.29, 0.717) is 44.1 Å². The minimum absolute atomic E-state index is 0.0368. The minimum Gasteiger partial charge on any atom is -0.378 e. The fraction of sp³-hybridized carbons (Fsp3) is 0.316. The van der Waals surface area contributed by atoms with Crippen LogP contribution in [-0.4, -0.2) is 43.7 Å². The van der Waals surface area contributed by atoms with Crippen molar-refractivity contribution < 1.29 is 14.5 Å². The van der Waals surface area contributed by atoms with Crippen molar-refractivity contribution in [3.05, 3.63) is 63.7 Å². The molecule has 7 heteroatoms. The molecule has 0 bridgehead atoms. The molecule has 0 unspecified atom stereocenters. The van der Waals surface area contributed by atoms with Crippen molar-refractivity contribution in [2.75, 3.05) is 42.6 Å². The highest BCUT2D eigenvalue weighted by Gasteiger charge is 2.28. The van der Waals surface area contributed by atoms with Gasteiger partial charge < -0.3 is 14.5 Å². The topological polar surface area (TPSA) is 75.9 Å². The summed E-state index contributed by atoms with van der Waals surface area (Å²) in [5, 5.41) is 11.6. The van der Waals surface area contributed by atoms with Gasteiger partial charge in [0.15, 0.2) is 0 Å². The van der Waals surface area contributed by atoms with Gasteiger partial charge in [-0.1, -0.05) is 18.2 Å². The molecule has 2 aromatic rings. The smallest absolute Gasteiger partial charge is 0.293 e. The van der Waals surface area contributed by atoms with Crippen LogP contribution in [0.5, 0.6) is 0 Å². The van der Waals surface area contributed by atoms with E-state index in [0.717, 1.165) is 17.7 Å². The number of benzene rings is 2. The number of rotatable bonds is 3. The van der Waals surface area contributed by atoms with Crippen molar-refractivity contribution in [1.29, 1.82) is 0 Å². The highest BCUT2D eigenvalue weighted by atomic mass is 16.6. The molecule has 2 aliphatic rings. The number of morpholine rings is 1.